The van der Waals surface area contributed by atoms with Crippen LogP contribution in [-0.4, -0.2) is 35.0 Å². The van der Waals surface area contributed by atoms with Crippen LogP contribution in [0.2, 0.25) is 0 Å². The number of rotatable bonds is 3. The van der Waals surface area contributed by atoms with E-state index in [1.54, 1.807) is 30.3 Å². The lowest BCUT2D eigenvalue weighted by molar-refractivity contribution is 0.0645. The van der Waals surface area contributed by atoms with Crippen molar-refractivity contribution in [2.24, 2.45) is 0 Å². The normalized spacial score (nSPS) is 10.6. The molecule has 0 aromatic carbocycles. The first kappa shape index (κ1) is 14.0. The Morgan fingerprint density at radius 2 is 2.22 bits per heavy atom. The molecule has 0 aliphatic carbocycles. The number of hydrogen-bond acceptors (Lipinski definition) is 3. The van der Waals surface area contributed by atoms with Crippen LogP contribution in [0.25, 0.3) is 0 Å². The standard InChI is InChI=1S/C14H18N2O2/c1-6-10-18-11-8-7-9-15-12(11)13(17)16(5)14(2,3)4/h1,7-9H,10H2,2-5H3. The van der Waals surface area contributed by atoms with E-state index in [9.17, 15) is 4.79 Å². The molecular formula is C14H18N2O2. The lowest BCUT2D eigenvalue weighted by atomic mass is 10.1. The molecule has 0 aliphatic heterocycles. The zero-order valence-electron chi connectivity index (χ0n) is 11.2. The number of ether oxygens (including phenoxy) is 1. The Kier molecular flexibility index (Phi) is 4.33. The van der Waals surface area contributed by atoms with Crippen LogP contribution >= 0.6 is 0 Å². The molecule has 0 unspecified atom stereocenters. The van der Waals surface area contributed by atoms with E-state index in [1.165, 1.54) is 0 Å². The highest BCUT2D eigenvalue weighted by molar-refractivity contribution is 5.95. The van der Waals surface area contributed by atoms with Gasteiger partial charge in [-0.05, 0) is 32.9 Å². The lowest BCUT2D eigenvalue weighted by Crippen LogP contribution is -2.43. The Hall–Kier alpha value is -2.02. The van der Waals surface area contributed by atoms with Crippen molar-refractivity contribution in [2.45, 2.75) is 26.3 Å². The average Bonchev–Trinajstić information content (AvgIpc) is 2.33. The highest BCUT2D eigenvalue weighted by Crippen LogP contribution is 2.20. The smallest absolute Gasteiger partial charge is 0.276 e. The second kappa shape index (κ2) is 5.54. The molecule has 1 aromatic rings. The summed E-state index contributed by atoms with van der Waals surface area (Å²) >= 11 is 0. The van der Waals surface area contributed by atoms with Crippen LogP contribution in [0.3, 0.4) is 0 Å². The number of pyridine rings is 1. The molecule has 0 radical (unpaired) electrons. The first-order valence-corrected chi connectivity index (χ1v) is 5.67. The summed E-state index contributed by atoms with van der Waals surface area (Å²) in [4.78, 5) is 18.0. The van der Waals surface area contributed by atoms with Crippen molar-refractivity contribution in [3.63, 3.8) is 0 Å². The van der Waals surface area contributed by atoms with E-state index >= 15 is 0 Å². The lowest BCUT2D eigenvalue weighted by Gasteiger charge is -2.31. The molecule has 0 aliphatic rings. The van der Waals surface area contributed by atoms with Crippen molar-refractivity contribution in [1.82, 2.24) is 9.88 Å². The van der Waals surface area contributed by atoms with Gasteiger partial charge in [0.05, 0.1) is 0 Å². The fourth-order valence-corrected chi connectivity index (χ4v) is 1.25. The molecule has 0 fully saturated rings. The largest absolute Gasteiger partial charge is 0.478 e. The van der Waals surface area contributed by atoms with Crippen LogP contribution in [0.4, 0.5) is 0 Å². The number of carbonyl (C=O) groups excluding carboxylic acids is 1. The van der Waals surface area contributed by atoms with Gasteiger partial charge in [-0.15, -0.1) is 6.42 Å². The van der Waals surface area contributed by atoms with Gasteiger partial charge in [0.15, 0.2) is 11.4 Å². The van der Waals surface area contributed by atoms with E-state index in [-0.39, 0.29) is 23.7 Å². The molecule has 1 amide bonds. The predicted molar refractivity (Wildman–Crippen MR) is 70.4 cm³/mol. The number of terminal acetylenes is 1. The van der Waals surface area contributed by atoms with Crippen LogP contribution in [0.15, 0.2) is 18.3 Å². The van der Waals surface area contributed by atoms with Gasteiger partial charge in [-0.1, -0.05) is 5.92 Å². The van der Waals surface area contributed by atoms with E-state index in [4.69, 9.17) is 11.2 Å². The third kappa shape index (κ3) is 3.24. The minimum atomic E-state index is -0.280. The zero-order chi connectivity index (χ0) is 13.8. The second-order valence-corrected chi connectivity index (χ2v) is 4.88. The van der Waals surface area contributed by atoms with Crippen molar-refractivity contribution in [1.29, 1.82) is 0 Å². The topological polar surface area (TPSA) is 42.4 Å². The molecule has 0 saturated carbocycles. The summed E-state index contributed by atoms with van der Waals surface area (Å²) in [6, 6.07) is 3.40. The molecular weight excluding hydrogens is 228 g/mol. The number of carbonyl (C=O) groups is 1. The van der Waals surface area contributed by atoms with Crippen molar-refractivity contribution in [2.75, 3.05) is 13.7 Å². The first-order valence-electron chi connectivity index (χ1n) is 5.67. The van der Waals surface area contributed by atoms with Crippen molar-refractivity contribution in [3.05, 3.63) is 24.0 Å². The summed E-state index contributed by atoms with van der Waals surface area (Å²) in [5.41, 5.74) is 0.00280. The second-order valence-electron chi connectivity index (χ2n) is 4.88. The molecule has 96 valence electrons. The van der Waals surface area contributed by atoms with Gasteiger partial charge < -0.3 is 9.64 Å². The quantitative estimate of drug-likeness (QED) is 0.766. The minimum Gasteiger partial charge on any atom is -0.478 e. The Bertz CT molecular complexity index is 469. The monoisotopic (exact) mass is 246 g/mol. The van der Waals surface area contributed by atoms with E-state index < -0.39 is 0 Å². The molecule has 0 N–H and O–H groups in total. The zero-order valence-corrected chi connectivity index (χ0v) is 11.2. The predicted octanol–water partition coefficient (Wildman–Crippen LogP) is 1.96. The molecule has 1 rings (SSSR count). The van der Waals surface area contributed by atoms with Crippen LogP contribution < -0.4 is 4.74 Å². The van der Waals surface area contributed by atoms with Gasteiger partial charge in [0, 0.05) is 18.8 Å². The molecule has 1 heterocycles. The highest BCUT2D eigenvalue weighted by Gasteiger charge is 2.26. The van der Waals surface area contributed by atoms with Crippen molar-refractivity contribution in [3.8, 4) is 18.1 Å². The summed E-state index contributed by atoms with van der Waals surface area (Å²) in [6.07, 6.45) is 6.70. The molecule has 0 spiro atoms. The Morgan fingerprint density at radius 3 is 2.78 bits per heavy atom. The SMILES string of the molecule is C#CCOc1cccnc1C(=O)N(C)C(C)(C)C. The number of amides is 1. The van der Waals surface area contributed by atoms with Gasteiger partial charge in [0.1, 0.15) is 6.61 Å². The van der Waals surface area contributed by atoms with E-state index in [0.717, 1.165) is 0 Å². The average molecular weight is 246 g/mol. The molecule has 0 atom stereocenters. The molecule has 4 heteroatoms. The van der Waals surface area contributed by atoms with Gasteiger partial charge in [-0.2, -0.15) is 0 Å². The molecule has 4 nitrogen and oxygen atoms in total. The fraction of sp³-hybridized carbons (Fsp3) is 0.429. The first-order chi connectivity index (χ1) is 8.38. The van der Waals surface area contributed by atoms with Crippen LogP contribution in [0, 0.1) is 12.3 Å². The van der Waals surface area contributed by atoms with Crippen molar-refractivity contribution >= 4 is 5.91 Å². The van der Waals surface area contributed by atoms with E-state index in [1.807, 2.05) is 20.8 Å². The number of hydrogen-bond donors (Lipinski definition) is 0. The highest BCUT2D eigenvalue weighted by atomic mass is 16.5. The van der Waals surface area contributed by atoms with E-state index in [2.05, 4.69) is 10.9 Å². The van der Waals surface area contributed by atoms with Gasteiger partial charge in [0.25, 0.3) is 5.91 Å². The summed E-state index contributed by atoms with van der Waals surface area (Å²) in [5.74, 6) is 2.60. The third-order valence-corrected chi connectivity index (χ3v) is 2.60. The fourth-order valence-electron chi connectivity index (χ4n) is 1.25. The maximum Gasteiger partial charge on any atom is 0.276 e. The number of aromatic nitrogens is 1. The Balaban J connectivity index is 3.03. The molecule has 0 bridgehead atoms. The summed E-state index contributed by atoms with van der Waals surface area (Å²) in [7, 11) is 1.74. The molecule has 18 heavy (non-hydrogen) atoms. The van der Waals surface area contributed by atoms with E-state index in [0.29, 0.717) is 5.75 Å². The maximum absolute atomic E-state index is 12.3. The molecule has 0 saturated heterocycles. The number of nitrogens with zero attached hydrogens (tertiary/aromatic N) is 2. The minimum absolute atomic E-state index is 0.116. The van der Waals surface area contributed by atoms with Gasteiger partial charge in [0.2, 0.25) is 0 Å². The Morgan fingerprint density at radius 1 is 1.56 bits per heavy atom. The van der Waals surface area contributed by atoms with Crippen molar-refractivity contribution < 1.29 is 9.53 Å². The summed E-state index contributed by atoms with van der Waals surface area (Å²) in [5, 5.41) is 0. The van der Waals surface area contributed by atoms with Crippen LogP contribution in [0.5, 0.6) is 5.75 Å². The van der Waals surface area contributed by atoms with Gasteiger partial charge in [-0.3, -0.25) is 4.79 Å². The van der Waals surface area contributed by atoms with Crippen LogP contribution in [0.1, 0.15) is 31.3 Å². The van der Waals surface area contributed by atoms with Gasteiger partial charge >= 0.3 is 0 Å². The molecule has 1 aromatic heterocycles. The Labute approximate surface area is 108 Å². The summed E-state index contributed by atoms with van der Waals surface area (Å²) in [6.45, 7) is 5.98. The van der Waals surface area contributed by atoms with Gasteiger partial charge in [-0.25, -0.2) is 4.98 Å². The van der Waals surface area contributed by atoms with Crippen LogP contribution in [-0.2, 0) is 0 Å². The maximum atomic E-state index is 12.3. The third-order valence-electron chi connectivity index (χ3n) is 2.60. The summed E-state index contributed by atoms with van der Waals surface area (Å²) < 4.78 is 5.32.